The van der Waals surface area contributed by atoms with Gasteiger partial charge in [0.15, 0.2) is 11.5 Å². The Morgan fingerprint density at radius 3 is 2.47 bits per heavy atom. The van der Waals surface area contributed by atoms with Crippen LogP contribution in [0.1, 0.15) is 27.6 Å². The average Bonchev–Trinajstić information content (AvgIpc) is 2.87. The van der Waals surface area contributed by atoms with Gasteiger partial charge in [-0.1, -0.05) is 24.3 Å². The van der Waals surface area contributed by atoms with E-state index in [-0.39, 0.29) is 11.7 Å². The molecular formula is C14H10N2O2S. The van der Waals surface area contributed by atoms with Crippen LogP contribution in [-0.4, -0.2) is 11.7 Å². The van der Waals surface area contributed by atoms with Crippen LogP contribution in [0.2, 0.25) is 0 Å². The number of carbonyl (C=O) groups is 2. The predicted molar refractivity (Wildman–Crippen MR) is 75.0 cm³/mol. The lowest BCUT2D eigenvalue weighted by atomic mass is 10.2. The first-order valence-corrected chi connectivity index (χ1v) is 6.37. The lowest BCUT2D eigenvalue weighted by Gasteiger charge is -2.04. The number of benzene rings is 1. The van der Waals surface area contributed by atoms with Gasteiger partial charge in [0.05, 0.1) is 12.1 Å². The summed E-state index contributed by atoms with van der Waals surface area (Å²) in [4.78, 5) is 26.6. The summed E-state index contributed by atoms with van der Waals surface area (Å²) in [6, 6.07) is 8.03. The molecule has 0 aliphatic rings. The molecule has 19 heavy (non-hydrogen) atoms. The van der Waals surface area contributed by atoms with Gasteiger partial charge in [-0.25, -0.2) is 4.85 Å². The zero-order chi connectivity index (χ0) is 13.8. The Morgan fingerprint density at radius 1 is 1.21 bits per heavy atom. The van der Waals surface area contributed by atoms with Gasteiger partial charge in [0, 0.05) is 5.56 Å². The third kappa shape index (κ3) is 2.87. The lowest BCUT2D eigenvalue weighted by molar-refractivity contribution is 0.101. The molecule has 1 aromatic carbocycles. The Bertz CT molecular complexity index is 665. The van der Waals surface area contributed by atoms with Gasteiger partial charge in [-0.3, -0.25) is 9.59 Å². The minimum absolute atomic E-state index is 0.0834. The molecule has 1 amide bonds. The SMILES string of the molecule is [C-]#[N+]c1ccc(C(=O)Nc2sccc2C(C)=O)cc1. The van der Waals surface area contributed by atoms with Crippen molar-refractivity contribution in [2.45, 2.75) is 6.92 Å². The van der Waals surface area contributed by atoms with Crippen LogP contribution in [0.15, 0.2) is 35.7 Å². The standard InChI is InChI=1S/C14H10N2O2S/c1-9(17)12-7-8-19-14(12)16-13(18)10-3-5-11(15-2)6-4-10/h3-8H,1H3,(H,16,18). The fourth-order valence-electron chi connectivity index (χ4n) is 1.55. The quantitative estimate of drug-likeness (QED) is 0.682. The second-order valence-electron chi connectivity index (χ2n) is 3.83. The fraction of sp³-hybridized carbons (Fsp3) is 0.0714. The van der Waals surface area contributed by atoms with Gasteiger partial charge < -0.3 is 5.32 Å². The van der Waals surface area contributed by atoms with E-state index >= 15 is 0 Å². The molecule has 0 unspecified atom stereocenters. The van der Waals surface area contributed by atoms with Crippen molar-refractivity contribution in [1.29, 1.82) is 0 Å². The smallest absolute Gasteiger partial charge is 0.256 e. The molecule has 0 atom stereocenters. The van der Waals surface area contributed by atoms with Gasteiger partial charge in [-0.05, 0) is 18.4 Å². The van der Waals surface area contributed by atoms with E-state index < -0.39 is 0 Å². The number of amides is 1. The number of hydrogen-bond donors (Lipinski definition) is 1. The van der Waals surface area contributed by atoms with Crippen molar-refractivity contribution in [1.82, 2.24) is 0 Å². The van der Waals surface area contributed by atoms with Gasteiger partial charge in [-0.15, -0.1) is 11.3 Å². The minimum atomic E-state index is -0.290. The summed E-state index contributed by atoms with van der Waals surface area (Å²) in [5, 5.41) is 5.01. The molecule has 1 N–H and O–H groups in total. The van der Waals surface area contributed by atoms with Gasteiger partial charge in [0.2, 0.25) is 0 Å². The van der Waals surface area contributed by atoms with Crippen molar-refractivity contribution in [3.8, 4) is 0 Å². The van der Waals surface area contributed by atoms with Crippen LogP contribution in [0.25, 0.3) is 4.85 Å². The van der Waals surface area contributed by atoms with E-state index in [1.165, 1.54) is 18.3 Å². The summed E-state index contributed by atoms with van der Waals surface area (Å²) in [6.45, 7) is 8.30. The number of carbonyl (C=O) groups excluding carboxylic acids is 2. The number of ketones is 1. The maximum Gasteiger partial charge on any atom is 0.256 e. The second kappa shape index (κ2) is 5.46. The number of Topliss-reactive ketones (excluding diaryl/α,β-unsaturated/α-hetero) is 1. The highest BCUT2D eigenvalue weighted by atomic mass is 32.1. The first kappa shape index (κ1) is 13.0. The summed E-state index contributed by atoms with van der Waals surface area (Å²) in [6.07, 6.45) is 0. The molecule has 1 aromatic heterocycles. The van der Waals surface area contributed by atoms with Crippen molar-refractivity contribution in [2.24, 2.45) is 0 Å². The van der Waals surface area contributed by atoms with Crippen LogP contribution in [0.4, 0.5) is 10.7 Å². The Labute approximate surface area is 114 Å². The van der Waals surface area contributed by atoms with Gasteiger partial charge >= 0.3 is 0 Å². The first-order valence-electron chi connectivity index (χ1n) is 5.49. The number of nitrogens with one attached hydrogen (secondary N) is 1. The zero-order valence-electron chi connectivity index (χ0n) is 10.1. The van der Waals surface area contributed by atoms with Crippen LogP contribution >= 0.6 is 11.3 Å². The second-order valence-corrected chi connectivity index (χ2v) is 4.75. The van der Waals surface area contributed by atoms with Crippen LogP contribution in [0.3, 0.4) is 0 Å². The van der Waals surface area contributed by atoms with Crippen molar-refractivity contribution < 1.29 is 9.59 Å². The Balaban J connectivity index is 2.19. The van der Waals surface area contributed by atoms with E-state index in [9.17, 15) is 9.59 Å². The van der Waals surface area contributed by atoms with Crippen molar-refractivity contribution >= 4 is 33.7 Å². The fourth-order valence-corrected chi connectivity index (χ4v) is 2.38. The van der Waals surface area contributed by atoms with E-state index in [4.69, 9.17) is 6.57 Å². The van der Waals surface area contributed by atoms with Gasteiger partial charge in [-0.2, -0.15) is 0 Å². The van der Waals surface area contributed by atoms with E-state index in [1.807, 2.05) is 0 Å². The van der Waals surface area contributed by atoms with Crippen molar-refractivity contribution in [3.05, 3.63) is 58.3 Å². The topological polar surface area (TPSA) is 50.5 Å². The number of hydrogen-bond acceptors (Lipinski definition) is 3. The Kier molecular flexibility index (Phi) is 3.74. The maximum atomic E-state index is 12.0. The number of nitrogens with zero attached hydrogens (tertiary/aromatic N) is 1. The van der Waals surface area contributed by atoms with Crippen LogP contribution in [0.5, 0.6) is 0 Å². The monoisotopic (exact) mass is 270 g/mol. The summed E-state index contributed by atoms with van der Waals surface area (Å²) in [5.41, 5.74) is 1.45. The van der Waals surface area contributed by atoms with Gasteiger partial charge in [0.25, 0.3) is 5.91 Å². The van der Waals surface area contributed by atoms with Crippen molar-refractivity contribution in [2.75, 3.05) is 5.32 Å². The van der Waals surface area contributed by atoms with E-state index in [0.717, 1.165) is 0 Å². The number of anilines is 1. The van der Waals surface area contributed by atoms with Gasteiger partial charge in [0.1, 0.15) is 5.00 Å². The largest absolute Gasteiger partial charge is 0.313 e. The predicted octanol–water partition coefficient (Wildman–Crippen LogP) is 3.75. The molecule has 4 nitrogen and oxygen atoms in total. The molecule has 2 rings (SSSR count). The number of rotatable bonds is 3. The third-order valence-electron chi connectivity index (χ3n) is 2.53. The van der Waals surface area contributed by atoms with Crippen LogP contribution in [-0.2, 0) is 0 Å². The average molecular weight is 270 g/mol. The summed E-state index contributed by atoms with van der Waals surface area (Å²) >= 11 is 1.31. The first-order chi connectivity index (χ1) is 9.11. The minimum Gasteiger partial charge on any atom is -0.313 e. The summed E-state index contributed by atoms with van der Waals surface area (Å²) in [5.74, 6) is -0.374. The normalized spacial score (nSPS) is 9.68. The third-order valence-corrected chi connectivity index (χ3v) is 3.36. The molecule has 5 heteroatoms. The Morgan fingerprint density at radius 2 is 1.89 bits per heavy atom. The highest BCUT2D eigenvalue weighted by Crippen LogP contribution is 2.24. The summed E-state index contributed by atoms with van der Waals surface area (Å²) in [7, 11) is 0. The molecule has 0 fully saturated rings. The highest BCUT2D eigenvalue weighted by Gasteiger charge is 2.12. The molecule has 94 valence electrons. The molecule has 0 radical (unpaired) electrons. The van der Waals surface area contributed by atoms with Crippen LogP contribution in [0, 0.1) is 6.57 Å². The van der Waals surface area contributed by atoms with E-state index in [2.05, 4.69) is 10.2 Å². The Hall–Kier alpha value is -2.45. The van der Waals surface area contributed by atoms with Crippen molar-refractivity contribution in [3.63, 3.8) is 0 Å². The molecular weight excluding hydrogens is 260 g/mol. The summed E-state index contributed by atoms with van der Waals surface area (Å²) < 4.78 is 0. The number of thiophene rings is 1. The molecule has 0 aliphatic carbocycles. The molecule has 0 bridgehead atoms. The highest BCUT2D eigenvalue weighted by molar-refractivity contribution is 7.14. The molecule has 1 heterocycles. The zero-order valence-corrected chi connectivity index (χ0v) is 11.0. The molecule has 0 saturated heterocycles. The molecule has 0 aliphatic heterocycles. The van der Waals surface area contributed by atoms with E-state index in [1.54, 1.807) is 35.7 Å². The molecule has 0 spiro atoms. The molecule has 2 aromatic rings. The van der Waals surface area contributed by atoms with Crippen LogP contribution < -0.4 is 5.32 Å². The molecule has 0 saturated carbocycles. The van der Waals surface area contributed by atoms with E-state index in [0.29, 0.717) is 21.8 Å². The maximum absolute atomic E-state index is 12.0. The lowest BCUT2D eigenvalue weighted by Crippen LogP contribution is -2.12.